The number of hydrogen-bond acceptors (Lipinski definition) is 8. The first kappa shape index (κ1) is 25.4. The van der Waals surface area contributed by atoms with Gasteiger partial charge < -0.3 is 28.4 Å². The number of nitrogens with zero attached hydrogens (tertiary/aromatic N) is 1. The van der Waals surface area contributed by atoms with Gasteiger partial charge in [-0.15, -0.1) is 0 Å². The number of rotatable bonds is 9. The van der Waals surface area contributed by atoms with Crippen LogP contribution in [-0.2, 0) is 4.79 Å². The van der Waals surface area contributed by atoms with Gasteiger partial charge >= 0.3 is 5.97 Å². The fourth-order valence-electron chi connectivity index (χ4n) is 4.14. The number of carbonyl (C=O) groups excluding carboxylic acids is 2. The molecule has 0 unspecified atom stereocenters. The molecular formula is C28H27NO8. The molecule has 37 heavy (non-hydrogen) atoms. The minimum absolute atomic E-state index is 0.225. The van der Waals surface area contributed by atoms with Gasteiger partial charge in [-0.05, 0) is 30.3 Å². The summed E-state index contributed by atoms with van der Waals surface area (Å²) in [4.78, 5) is 27.6. The van der Waals surface area contributed by atoms with Gasteiger partial charge in [0.2, 0.25) is 5.75 Å². The molecule has 1 atom stereocenters. The number of carbonyl (C=O) groups is 2. The van der Waals surface area contributed by atoms with Crippen LogP contribution in [0.5, 0.6) is 34.5 Å². The third-order valence-corrected chi connectivity index (χ3v) is 6.03. The molecule has 3 aromatic rings. The number of benzene rings is 3. The number of amides is 1. The van der Waals surface area contributed by atoms with E-state index in [2.05, 4.69) is 6.58 Å². The van der Waals surface area contributed by atoms with Crippen LogP contribution in [0.25, 0.3) is 0 Å². The largest absolute Gasteiger partial charge is 0.497 e. The summed E-state index contributed by atoms with van der Waals surface area (Å²) < 4.78 is 32.7. The quantitative estimate of drug-likeness (QED) is 0.180. The summed E-state index contributed by atoms with van der Waals surface area (Å²) in [6, 6.07) is 14.4. The van der Waals surface area contributed by atoms with E-state index in [0.717, 1.165) is 0 Å². The molecule has 1 saturated heterocycles. The maximum atomic E-state index is 13.0. The molecule has 3 aromatic carbocycles. The zero-order chi connectivity index (χ0) is 26.7. The van der Waals surface area contributed by atoms with E-state index >= 15 is 0 Å². The second-order valence-electron chi connectivity index (χ2n) is 8.01. The van der Waals surface area contributed by atoms with Crippen molar-refractivity contribution in [3.05, 3.63) is 77.9 Å². The fourth-order valence-corrected chi connectivity index (χ4v) is 4.14. The van der Waals surface area contributed by atoms with Crippen molar-refractivity contribution in [2.24, 2.45) is 0 Å². The maximum Gasteiger partial charge on any atom is 0.343 e. The van der Waals surface area contributed by atoms with E-state index < -0.39 is 12.0 Å². The van der Waals surface area contributed by atoms with Gasteiger partial charge in [0.05, 0.1) is 52.8 Å². The minimum Gasteiger partial charge on any atom is -0.497 e. The molecule has 9 nitrogen and oxygen atoms in total. The van der Waals surface area contributed by atoms with Crippen molar-refractivity contribution < 1.29 is 38.0 Å². The highest BCUT2D eigenvalue weighted by molar-refractivity contribution is 6.15. The Labute approximate surface area is 214 Å². The Bertz CT molecular complexity index is 1340. The van der Waals surface area contributed by atoms with Crippen molar-refractivity contribution in [3.8, 4) is 34.5 Å². The van der Waals surface area contributed by atoms with Crippen molar-refractivity contribution in [1.29, 1.82) is 0 Å². The van der Waals surface area contributed by atoms with Crippen LogP contribution in [0, 0.1) is 0 Å². The van der Waals surface area contributed by atoms with Crippen LogP contribution in [0.4, 0.5) is 5.69 Å². The van der Waals surface area contributed by atoms with Crippen molar-refractivity contribution in [2.45, 2.75) is 6.04 Å². The van der Waals surface area contributed by atoms with Gasteiger partial charge in [0.1, 0.15) is 17.2 Å². The molecule has 9 heteroatoms. The molecule has 4 rings (SSSR count). The molecule has 1 aliphatic heterocycles. The Morgan fingerprint density at radius 2 is 1.43 bits per heavy atom. The van der Waals surface area contributed by atoms with Crippen molar-refractivity contribution in [2.75, 3.05) is 40.4 Å². The predicted octanol–water partition coefficient (Wildman–Crippen LogP) is 4.59. The maximum absolute atomic E-state index is 13.0. The van der Waals surface area contributed by atoms with Gasteiger partial charge in [0.25, 0.3) is 5.91 Å². The summed E-state index contributed by atoms with van der Waals surface area (Å²) in [6.07, 6.45) is 0. The summed E-state index contributed by atoms with van der Waals surface area (Å²) in [7, 11) is 7.52. The number of β-lactam (4-membered cyclic amide) rings is 1. The Morgan fingerprint density at radius 1 is 0.784 bits per heavy atom. The molecule has 192 valence electrons. The van der Waals surface area contributed by atoms with Crippen LogP contribution >= 0.6 is 0 Å². The lowest BCUT2D eigenvalue weighted by Crippen LogP contribution is -2.49. The minimum atomic E-state index is -0.616. The third-order valence-electron chi connectivity index (χ3n) is 6.03. The summed E-state index contributed by atoms with van der Waals surface area (Å²) in [5.74, 6) is 1.52. The van der Waals surface area contributed by atoms with Gasteiger partial charge in [-0.25, -0.2) is 4.79 Å². The van der Waals surface area contributed by atoms with Gasteiger partial charge in [0.15, 0.2) is 11.5 Å². The Morgan fingerprint density at radius 3 is 2.03 bits per heavy atom. The first-order valence-electron chi connectivity index (χ1n) is 11.2. The normalized spacial score (nSPS) is 14.5. The van der Waals surface area contributed by atoms with Crippen LogP contribution in [0.15, 0.2) is 66.7 Å². The van der Waals surface area contributed by atoms with Gasteiger partial charge in [-0.2, -0.15) is 0 Å². The number of anilines is 1. The van der Waals surface area contributed by atoms with Crippen molar-refractivity contribution in [1.82, 2.24) is 0 Å². The highest BCUT2D eigenvalue weighted by atomic mass is 16.5. The molecule has 0 bridgehead atoms. The lowest BCUT2D eigenvalue weighted by Gasteiger charge is -2.43. The number of ether oxygens (including phenoxy) is 6. The van der Waals surface area contributed by atoms with Crippen LogP contribution < -0.4 is 33.3 Å². The van der Waals surface area contributed by atoms with E-state index in [1.165, 1.54) is 40.4 Å². The second-order valence-corrected chi connectivity index (χ2v) is 8.01. The summed E-state index contributed by atoms with van der Waals surface area (Å²) >= 11 is 0. The van der Waals surface area contributed by atoms with Crippen molar-refractivity contribution in [3.63, 3.8) is 0 Å². The summed E-state index contributed by atoms with van der Waals surface area (Å²) in [5, 5.41) is 0. The summed E-state index contributed by atoms with van der Waals surface area (Å²) in [5.41, 5.74) is 1.68. The second kappa shape index (κ2) is 10.5. The standard InChI is InChI=1S/C28H27NO8/c1-16-25(29(27(16)30)18-13-23(34-4)26(36-6)24(14-18)35-5)21-11-10-20(33-3)15-22(21)37-28(31)17-8-7-9-19(12-17)32-2/h7-15,25H,1H2,2-6H3/t25-/m1/s1. The van der Waals surface area contributed by atoms with Crippen LogP contribution in [-0.4, -0.2) is 47.4 Å². The van der Waals surface area contributed by atoms with Crippen LogP contribution in [0.1, 0.15) is 22.0 Å². The lowest BCUT2D eigenvalue weighted by atomic mass is 9.87. The molecule has 1 aliphatic rings. The Balaban J connectivity index is 1.76. The third kappa shape index (κ3) is 4.63. The molecule has 0 saturated carbocycles. The summed E-state index contributed by atoms with van der Waals surface area (Å²) in [6.45, 7) is 3.97. The lowest BCUT2D eigenvalue weighted by molar-refractivity contribution is -0.119. The van der Waals surface area contributed by atoms with E-state index in [1.54, 1.807) is 54.6 Å². The molecular weight excluding hydrogens is 478 g/mol. The van der Waals surface area contributed by atoms with Crippen LogP contribution in [0.3, 0.4) is 0 Å². The van der Waals surface area contributed by atoms with Crippen molar-refractivity contribution >= 4 is 17.6 Å². The molecule has 1 amide bonds. The molecule has 1 heterocycles. The van der Waals surface area contributed by atoms with E-state index in [1.807, 2.05) is 0 Å². The molecule has 0 aliphatic carbocycles. The first-order valence-corrected chi connectivity index (χ1v) is 11.2. The zero-order valence-corrected chi connectivity index (χ0v) is 21.2. The van der Waals surface area contributed by atoms with E-state index in [0.29, 0.717) is 51.1 Å². The van der Waals surface area contributed by atoms with Gasteiger partial charge in [-0.1, -0.05) is 12.6 Å². The number of esters is 1. The Hall–Kier alpha value is -4.66. The van der Waals surface area contributed by atoms with Crippen LogP contribution in [0.2, 0.25) is 0 Å². The van der Waals surface area contributed by atoms with Gasteiger partial charge in [0, 0.05) is 29.3 Å². The molecule has 0 N–H and O–H groups in total. The van der Waals surface area contributed by atoms with Gasteiger partial charge in [-0.3, -0.25) is 9.69 Å². The predicted molar refractivity (Wildman–Crippen MR) is 136 cm³/mol. The highest BCUT2D eigenvalue weighted by Crippen LogP contribution is 2.49. The zero-order valence-electron chi connectivity index (χ0n) is 21.2. The number of methoxy groups -OCH3 is 5. The Kier molecular flexibility index (Phi) is 7.24. The molecule has 0 aromatic heterocycles. The topological polar surface area (TPSA) is 92.8 Å². The molecule has 0 spiro atoms. The van der Waals surface area contributed by atoms with E-state index in [9.17, 15) is 9.59 Å². The van der Waals surface area contributed by atoms with E-state index in [4.69, 9.17) is 28.4 Å². The molecule has 0 radical (unpaired) electrons. The number of hydrogen-bond donors (Lipinski definition) is 0. The molecule has 1 fully saturated rings. The van der Waals surface area contributed by atoms with E-state index in [-0.39, 0.29) is 11.7 Å². The average molecular weight is 506 g/mol. The smallest absolute Gasteiger partial charge is 0.343 e. The fraction of sp³-hybridized carbons (Fsp3) is 0.214. The average Bonchev–Trinajstić information content (AvgIpc) is 2.94. The SMILES string of the molecule is C=C1C(=O)N(c2cc(OC)c(OC)c(OC)c2)[C@H]1c1ccc(OC)cc1OC(=O)c1cccc(OC)c1. The first-order chi connectivity index (χ1) is 17.9. The highest BCUT2D eigenvalue weighted by Gasteiger charge is 2.45. The monoisotopic (exact) mass is 505 g/mol.